The van der Waals surface area contributed by atoms with Gasteiger partial charge in [0.05, 0.1) is 31.9 Å². The van der Waals surface area contributed by atoms with E-state index in [1.807, 2.05) is 18.2 Å². The number of rotatable bonds is 6. The molecule has 0 saturated heterocycles. The van der Waals surface area contributed by atoms with Crippen LogP contribution in [0.15, 0.2) is 63.7 Å². The molecular weight excluding hydrogens is 378 g/mol. The molecule has 0 spiro atoms. The molecule has 4 rings (SSSR count). The maximum Gasteiger partial charge on any atom is 0.203 e. The van der Waals surface area contributed by atoms with E-state index in [2.05, 4.69) is 40.7 Å². The molecule has 0 aliphatic rings. The lowest BCUT2D eigenvalue weighted by Crippen LogP contribution is -1.95. The van der Waals surface area contributed by atoms with Crippen LogP contribution >= 0.6 is 23.1 Å². The third-order valence-corrected chi connectivity index (χ3v) is 6.27. The summed E-state index contributed by atoms with van der Waals surface area (Å²) in [5.41, 5.74) is 2.25. The molecule has 0 aliphatic heterocycles. The number of hydrogen-bond acceptors (Lipinski definition) is 5. The minimum absolute atomic E-state index is 0.599. The molecule has 0 saturated carbocycles. The molecule has 0 radical (unpaired) electrons. The number of aromatic nitrogens is 1. The van der Waals surface area contributed by atoms with E-state index in [1.54, 1.807) is 44.4 Å². The smallest absolute Gasteiger partial charge is 0.203 e. The van der Waals surface area contributed by atoms with E-state index in [9.17, 15) is 0 Å². The fraction of sp³-hybridized carbons (Fsp3) is 0.143. The number of aromatic amines is 1. The number of hydrogen-bond donors (Lipinski definition) is 1. The molecule has 2 aromatic carbocycles. The highest BCUT2D eigenvalue weighted by Gasteiger charge is 2.18. The number of H-pyrrole nitrogens is 1. The van der Waals surface area contributed by atoms with Crippen LogP contribution in [0.3, 0.4) is 0 Å². The third-order valence-electron chi connectivity index (χ3n) is 4.28. The highest BCUT2D eigenvalue weighted by molar-refractivity contribution is 7.99. The fourth-order valence-electron chi connectivity index (χ4n) is 3.05. The Morgan fingerprint density at radius 3 is 2.26 bits per heavy atom. The Hall–Kier alpha value is -2.57. The first-order valence-electron chi connectivity index (χ1n) is 8.37. The molecule has 0 fully saturated rings. The lowest BCUT2D eigenvalue weighted by molar-refractivity contribution is 0.323. The summed E-state index contributed by atoms with van der Waals surface area (Å²) in [6.07, 6.45) is 0. The Morgan fingerprint density at radius 2 is 1.63 bits per heavy atom. The number of nitrogens with one attached hydrogen (secondary N) is 1. The van der Waals surface area contributed by atoms with Crippen LogP contribution in [0.5, 0.6) is 17.2 Å². The third kappa shape index (κ3) is 3.26. The van der Waals surface area contributed by atoms with Gasteiger partial charge < -0.3 is 19.2 Å². The summed E-state index contributed by atoms with van der Waals surface area (Å²) in [6.45, 7) is 0. The van der Waals surface area contributed by atoms with Crippen molar-refractivity contribution in [3.05, 3.63) is 53.9 Å². The average molecular weight is 398 g/mol. The standard InChI is InChI=1S/C21H19NO3S2/c1-23-16-11-13(12-17(24-2)20(16)25-3)27-21-14-7-4-5-8-15(14)22-19(21)18-9-6-10-26-18/h4-12,22H,1-3H3. The van der Waals surface area contributed by atoms with Crippen LogP contribution in [0.1, 0.15) is 0 Å². The molecule has 0 unspecified atom stereocenters. The molecule has 1 N–H and O–H groups in total. The fourth-order valence-corrected chi connectivity index (χ4v) is 4.97. The SMILES string of the molecule is COc1cc(Sc2c(-c3cccs3)[nH]c3ccccc23)cc(OC)c1OC. The van der Waals surface area contributed by atoms with Crippen molar-refractivity contribution < 1.29 is 14.2 Å². The molecule has 27 heavy (non-hydrogen) atoms. The molecule has 4 nitrogen and oxygen atoms in total. The number of ether oxygens (including phenoxy) is 3. The van der Waals surface area contributed by atoms with Crippen LogP contribution in [0.4, 0.5) is 0 Å². The Morgan fingerprint density at radius 1 is 0.889 bits per heavy atom. The number of thiophene rings is 1. The first kappa shape index (κ1) is 17.8. The molecule has 0 atom stereocenters. The number of benzene rings is 2. The van der Waals surface area contributed by atoms with Crippen LogP contribution in [0.2, 0.25) is 0 Å². The predicted octanol–water partition coefficient (Wildman–Crippen LogP) is 6.07. The van der Waals surface area contributed by atoms with Crippen molar-refractivity contribution >= 4 is 34.0 Å². The molecule has 2 heterocycles. The van der Waals surface area contributed by atoms with Crippen molar-refractivity contribution in [2.45, 2.75) is 9.79 Å². The highest BCUT2D eigenvalue weighted by atomic mass is 32.2. The van der Waals surface area contributed by atoms with E-state index >= 15 is 0 Å². The summed E-state index contributed by atoms with van der Waals surface area (Å²) >= 11 is 3.41. The van der Waals surface area contributed by atoms with Gasteiger partial charge in [-0.1, -0.05) is 36.0 Å². The lowest BCUT2D eigenvalue weighted by atomic mass is 10.2. The number of methoxy groups -OCH3 is 3. The average Bonchev–Trinajstić information content (AvgIpc) is 3.35. The van der Waals surface area contributed by atoms with Gasteiger partial charge in [-0.3, -0.25) is 0 Å². The summed E-state index contributed by atoms with van der Waals surface area (Å²) in [6, 6.07) is 16.5. The van der Waals surface area contributed by atoms with E-state index in [-0.39, 0.29) is 0 Å². The van der Waals surface area contributed by atoms with Gasteiger partial charge in [0.2, 0.25) is 5.75 Å². The summed E-state index contributed by atoms with van der Waals surface area (Å²) in [5.74, 6) is 1.90. The van der Waals surface area contributed by atoms with E-state index in [0.29, 0.717) is 17.2 Å². The monoisotopic (exact) mass is 397 g/mol. The molecule has 4 aromatic rings. The Kier molecular flexibility index (Phi) is 5.01. The van der Waals surface area contributed by atoms with Crippen molar-refractivity contribution in [2.75, 3.05) is 21.3 Å². The zero-order chi connectivity index (χ0) is 18.8. The minimum Gasteiger partial charge on any atom is -0.493 e. The second-order valence-corrected chi connectivity index (χ2v) is 7.85. The van der Waals surface area contributed by atoms with E-state index < -0.39 is 0 Å². The van der Waals surface area contributed by atoms with Gasteiger partial charge in [0.25, 0.3) is 0 Å². The second kappa shape index (κ2) is 7.58. The van der Waals surface area contributed by atoms with E-state index in [0.717, 1.165) is 16.1 Å². The van der Waals surface area contributed by atoms with Crippen molar-refractivity contribution in [3.63, 3.8) is 0 Å². The molecule has 2 aromatic heterocycles. The topological polar surface area (TPSA) is 43.5 Å². The van der Waals surface area contributed by atoms with Crippen molar-refractivity contribution in [1.29, 1.82) is 0 Å². The van der Waals surface area contributed by atoms with Gasteiger partial charge in [-0.2, -0.15) is 0 Å². The molecular formula is C21H19NO3S2. The van der Waals surface area contributed by atoms with Crippen LogP contribution < -0.4 is 14.2 Å². The Labute approximate surface area is 166 Å². The van der Waals surface area contributed by atoms with Gasteiger partial charge in [-0.05, 0) is 29.6 Å². The zero-order valence-electron chi connectivity index (χ0n) is 15.2. The number of para-hydroxylation sites is 1. The number of fused-ring (bicyclic) bond motifs is 1. The van der Waals surface area contributed by atoms with Crippen molar-refractivity contribution in [2.24, 2.45) is 0 Å². The van der Waals surface area contributed by atoms with Crippen LogP contribution in [0, 0.1) is 0 Å². The summed E-state index contributed by atoms with van der Waals surface area (Å²) < 4.78 is 16.4. The normalized spacial score (nSPS) is 10.9. The van der Waals surface area contributed by atoms with Crippen LogP contribution in [0.25, 0.3) is 21.5 Å². The minimum atomic E-state index is 0.599. The zero-order valence-corrected chi connectivity index (χ0v) is 16.9. The van der Waals surface area contributed by atoms with Gasteiger partial charge >= 0.3 is 0 Å². The molecule has 138 valence electrons. The molecule has 0 amide bonds. The quantitative estimate of drug-likeness (QED) is 0.429. The predicted molar refractivity (Wildman–Crippen MR) is 112 cm³/mol. The maximum atomic E-state index is 5.50. The van der Waals surface area contributed by atoms with Crippen LogP contribution in [-0.4, -0.2) is 26.3 Å². The van der Waals surface area contributed by atoms with Crippen molar-refractivity contribution in [3.8, 4) is 27.8 Å². The van der Waals surface area contributed by atoms with Gasteiger partial charge in [0, 0.05) is 20.7 Å². The molecule has 0 aliphatic carbocycles. The van der Waals surface area contributed by atoms with Gasteiger partial charge in [-0.15, -0.1) is 11.3 Å². The lowest BCUT2D eigenvalue weighted by Gasteiger charge is -2.14. The largest absolute Gasteiger partial charge is 0.493 e. The summed E-state index contributed by atoms with van der Waals surface area (Å²) in [7, 11) is 4.88. The maximum absolute atomic E-state index is 5.50. The first-order valence-corrected chi connectivity index (χ1v) is 10.1. The van der Waals surface area contributed by atoms with E-state index in [1.165, 1.54) is 15.2 Å². The first-order chi connectivity index (χ1) is 13.2. The van der Waals surface area contributed by atoms with E-state index in [4.69, 9.17) is 14.2 Å². The summed E-state index contributed by atoms with van der Waals surface area (Å²) in [5, 5.41) is 3.29. The highest BCUT2D eigenvalue weighted by Crippen LogP contribution is 2.46. The second-order valence-electron chi connectivity index (χ2n) is 5.82. The van der Waals surface area contributed by atoms with Gasteiger partial charge in [0.15, 0.2) is 11.5 Å². The Balaban J connectivity index is 1.85. The Bertz CT molecular complexity index is 1050. The summed E-state index contributed by atoms with van der Waals surface area (Å²) in [4.78, 5) is 6.98. The van der Waals surface area contributed by atoms with Crippen LogP contribution in [-0.2, 0) is 0 Å². The molecule has 6 heteroatoms. The molecule has 0 bridgehead atoms. The van der Waals surface area contributed by atoms with Gasteiger partial charge in [0.1, 0.15) is 0 Å². The van der Waals surface area contributed by atoms with Crippen molar-refractivity contribution in [1.82, 2.24) is 4.98 Å². The van der Waals surface area contributed by atoms with Gasteiger partial charge in [-0.25, -0.2) is 0 Å².